The first-order chi connectivity index (χ1) is 10.1. The molecule has 1 aromatic rings. The molecule has 1 unspecified atom stereocenters. The number of nitro groups is 1. The normalized spacial score (nSPS) is 17.9. The van der Waals surface area contributed by atoms with Crippen molar-refractivity contribution in [1.82, 2.24) is 5.32 Å². The lowest BCUT2D eigenvalue weighted by atomic mass is 10.1. The van der Waals surface area contributed by atoms with Gasteiger partial charge in [-0.2, -0.15) is 0 Å². The lowest BCUT2D eigenvalue weighted by Gasteiger charge is -2.28. The molecule has 0 spiro atoms. The van der Waals surface area contributed by atoms with Gasteiger partial charge in [0.1, 0.15) is 5.69 Å². The van der Waals surface area contributed by atoms with Crippen molar-refractivity contribution in [3.8, 4) is 0 Å². The molecule has 116 valence electrons. The van der Waals surface area contributed by atoms with Gasteiger partial charge in [-0.15, -0.1) is 0 Å². The summed E-state index contributed by atoms with van der Waals surface area (Å²) in [7, 11) is 0. The molecule has 0 aliphatic carbocycles. The van der Waals surface area contributed by atoms with Crippen LogP contribution in [0.15, 0.2) is 18.2 Å². The molecule has 1 atom stereocenters. The first-order valence-electron chi connectivity index (χ1n) is 7.85. The minimum Gasteiger partial charge on any atom is -0.364 e. The summed E-state index contributed by atoms with van der Waals surface area (Å²) >= 11 is 0. The second-order valence-corrected chi connectivity index (χ2v) is 5.79. The van der Waals surface area contributed by atoms with Crippen molar-refractivity contribution in [1.29, 1.82) is 0 Å². The fraction of sp³-hybridized carbons (Fsp3) is 0.625. The van der Waals surface area contributed by atoms with Crippen LogP contribution >= 0.6 is 0 Å². The fourth-order valence-corrected chi connectivity index (χ4v) is 2.97. The van der Waals surface area contributed by atoms with Gasteiger partial charge in [0.2, 0.25) is 0 Å². The topological polar surface area (TPSA) is 58.4 Å². The van der Waals surface area contributed by atoms with Gasteiger partial charge < -0.3 is 10.2 Å². The highest BCUT2D eigenvalue weighted by Crippen LogP contribution is 2.32. The molecule has 0 saturated carbocycles. The maximum Gasteiger partial charge on any atom is 0.295 e. The monoisotopic (exact) mass is 291 g/mol. The van der Waals surface area contributed by atoms with Crippen molar-refractivity contribution in [3.63, 3.8) is 0 Å². The Labute approximate surface area is 126 Å². The maximum atomic E-state index is 11.4. The van der Waals surface area contributed by atoms with E-state index >= 15 is 0 Å². The highest BCUT2D eigenvalue weighted by molar-refractivity contribution is 5.66. The minimum absolute atomic E-state index is 0.244. The van der Waals surface area contributed by atoms with E-state index in [-0.39, 0.29) is 10.6 Å². The number of unbranched alkanes of at least 4 members (excludes halogenated alkanes) is 1. The molecule has 2 rings (SSSR count). The Hall–Kier alpha value is -1.62. The smallest absolute Gasteiger partial charge is 0.295 e. The number of hydrogen-bond donors (Lipinski definition) is 1. The second-order valence-electron chi connectivity index (χ2n) is 5.79. The Morgan fingerprint density at radius 2 is 2.29 bits per heavy atom. The van der Waals surface area contributed by atoms with Crippen LogP contribution in [-0.4, -0.2) is 30.6 Å². The number of anilines is 1. The van der Waals surface area contributed by atoms with Crippen LogP contribution in [0.25, 0.3) is 0 Å². The molecule has 1 aliphatic heterocycles. The van der Waals surface area contributed by atoms with Crippen LogP contribution in [-0.2, 0) is 0 Å². The zero-order valence-electron chi connectivity index (χ0n) is 13.0. The molecule has 1 saturated heterocycles. The van der Waals surface area contributed by atoms with E-state index in [9.17, 15) is 10.1 Å². The zero-order valence-corrected chi connectivity index (χ0v) is 13.0. The van der Waals surface area contributed by atoms with Crippen molar-refractivity contribution in [3.05, 3.63) is 33.9 Å². The van der Waals surface area contributed by atoms with Crippen LogP contribution in [0.3, 0.4) is 0 Å². The summed E-state index contributed by atoms with van der Waals surface area (Å²) in [6, 6.07) is 6.06. The van der Waals surface area contributed by atoms with Gasteiger partial charge in [-0.05, 0) is 38.8 Å². The third kappa shape index (κ3) is 3.94. The number of nitrogens with zero attached hydrogens (tertiary/aromatic N) is 2. The number of hydrogen-bond acceptors (Lipinski definition) is 4. The van der Waals surface area contributed by atoms with Crippen LogP contribution < -0.4 is 10.2 Å². The molecule has 5 heteroatoms. The van der Waals surface area contributed by atoms with Crippen molar-refractivity contribution in [2.24, 2.45) is 0 Å². The number of nitro benzene ring substituents is 1. The first kappa shape index (κ1) is 15.8. The third-order valence-electron chi connectivity index (χ3n) is 4.12. The van der Waals surface area contributed by atoms with Crippen LogP contribution in [0.5, 0.6) is 0 Å². The van der Waals surface area contributed by atoms with Gasteiger partial charge >= 0.3 is 0 Å². The summed E-state index contributed by atoms with van der Waals surface area (Å²) in [4.78, 5) is 13.4. The Kier molecular flexibility index (Phi) is 5.56. The van der Waals surface area contributed by atoms with Crippen LogP contribution in [0.2, 0.25) is 0 Å². The van der Waals surface area contributed by atoms with E-state index in [2.05, 4.69) is 17.1 Å². The average Bonchev–Trinajstić information content (AvgIpc) is 2.95. The molecule has 0 amide bonds. The van der Waals surface area contributed by atoms with E-state index < -0.39 is 0 Å². The summed E-state index contributed by atoms with van der Waals surface area (Å²) in [5, 5.41) is 14.9. The third-order valence-corrected chi connectivity index (χ3v) is 4.12. The van der Waals surface area contributed by atoms with E-state index in [0.717, 1.165) is 50.1 Å². The summed E-state index contributed by atoms with van der Waals surface area (Å²) in [6.45, 7) is 6.75. The Morgan fingerprint density at radius 1 is 1.48 bits per heavy atom. The molecule has 0 aromatic heterocycles. The van der Waals surface area contributed by atoms with E-state index in [1.54, 1.807) is 0 Å². The van der Waals surface area contributed by atoms with Crippen LogP contribution in [0.1, 0.15) is 38.2 Å². The zero-order chi connectivity index (χ0) is 15.2. The van der Waals surface area contributed by atoms with Gasteiger partial charge in [0, 0.05) is 24.7 Å². The molecule has 1 aliphatic rings. The number of aryl methyl sites for hydroxylation is 1. The van der Waals surface area contributed by atoms with E-state index in [1.807, 2.05) is 25.1 Å². The molecule has 21 heavy (non-hydrogen) atoms. The minimum atomic E-state index is -0.244. The first-order valence-corrected chi connectivity index (χ1v) is 7.85. The lowest BCUT2D eigenvalue weighted by molar-refractivity contribution is -0.384. The van der Waals surface area contributed by atoms with Crippen molar-refractivity contribution in [2.75, 3.05) is 24.5 Å². The number of para-hydroxylation sites is 1. The molecule has 1 heterocycles. The quantitative estimate of drug-likeness (QED) is 0.619. The van der Waals surface area contributed by atoms with E-state index in [0.29, 0.717) is 6.04 Å². The predicted molar refractivity (Wildman–Crippen MR) is 86.0 cm³/mol. The summed E-state index contributed by atoms with van der Waals surface area (Å²) in [6.07, 6.45) is 4.50. The molecule has 0 bridgehead atoms. The number of nitrogens with one attached hydrogen (secondary N) is 1. The molecular formula is C16H25N3O2. The maximum absolute atomic E-state index is 11.4. The number of rotatable bonds is 7. The van der Waals surface area contributed by atoms with Crippen LogP contribution in [0, 0.1) is 17.0 Å². The van der Waals surface area contributed by atoms with Crippen LogP contribution in [0.4, 0.5) is 11.4 Å². The highest BCUT2D eigenvalue weighted by Gasteiger charge is 2.24. The Morgan fingerprint density at radius 3 is 2.90 bits per heavy atom. The standard InChI is InChI=1S/C16H25N3O2/c1-3-4-11-18(12-14-8-6-10-17-14)15-9-5-7-13(2)16(15)19(20)21/h5,7,9,14,17H,3-4,6,8,10-12H2,1-2H3. The van der Waals surface area contributed by atoms with E-state index in [1.165, 1.54) is 6.42 Å². The summed E-state index contributed by atoms with van der Waals surface area (Å²) in [5.41, 5.74) is 1.76. The molecule has 1 N–H and O–H groups in total. The second kappa shape index (κ2) is 7.41. The van der Waals surface area contributed by atoms with Gasteiger partial charge in [-0.25, -0.2) is 0 Å². The van der Waals surface area contributed by atoms with Crippen molar-refractivity contribution in [2.45, 2.75) is 45.6 Å². The van der Waals surface area contributed by atoms with Gasteiger partial charge in [0.05, 0.1) is 4.92 Å². The van der Waals surface area contributed by atoms with Crippen molar-refractivity contribution < 1.29 is 4.92 Å². The molecule has 0 radical (unpaired) electrons. The SMILES string of the molecule is CCCCN(CC1CCCN1)c1cccc(C)c1[N+](=O)[O-]. The molecular weight excluding hydrogens is 266 g/mol. The molecule has 5 nitrogen and oxygen atoms in total. The van der Waals surface area contributed by atoms with Gasteiger partial charge in [0.25, 0.3) is 5.69 Å². The molecule has 1 aromatic carbocycles. The largest absolute Gasteiger partial charge is 0.364 e. The van der Waals surface area contributed by atoms with Crippen molar-refractivity contribution >= 4 is 11.4 Å². The predicted octanol–water partition coefficient (Wildman–Crippen LogP) is 3.26. The van der Waals surface area contributed by atoms with Gasteiger partial charge in [0.15, 0.2) is 0 Å². The number of benzene rings is 1. The average molecular weight is 291 g/mol. The molecule has 1 fully saturated rings. The Balaban J connectivity index is 2.26. The summed E-state index contributed by atoms with van der Waals surface area (Å²) in [5.74, 6) is 0. The Bertz CT molecular complexity index is 484. The highest BCUT2D eigenvalue weighted by atomic mass is 16.6. The van der Waals surface area contributed by atoms with E-state index in [4.69, 9.17) is 0 Å². The summed E-state index contributed by atoms with van der Waals surface area (Å²) < 4.78 is 0. The van der Waals surface area contributed by atoms with Gasteiger partial charge in [-0.1, -0.05) is 25.5 Å². The van der Waals surface area contributed by atoms with Gasteiger partial charge in [-0.3, -0.25) is 10.1 Å². The lowest BCUT2D eigenvalue weighted by Crippen LogP contribution is -2.38. The fourth-order valence-electron chi connectivity index (χ4n) is 2.97.